The Hall–Kier alpha value is -2.63. The van der Waals surface area contributed by atoms with Crippen molar-refractivity contribution in [3.05, 3.63) is 98.5 Å². The zero-order valence-corrected chi connectivity index (χ0v) is 25.2. The smallest absolute Gasteiger partial charge is 0.465 e. The number of esters is 3. The van der Waals surface area contributed by atoms with Crippen LogP contribution in [-0.4, -0.2) is 43.5 Å². The largest absolute Gasteiger partial charge is 1.00 e. The predicted molar refractivity (Wildman–Crippen MR) is 156 cm³/mol. The van der Waals surface area contributed by atoms with Gasteiger partial charge in [-0.05, 0) is 17.0 Å². The molecule has 0 saturated heterocycles. The van der Waals surface area contributed by atoms with Gasteiger partial charge >= 0.3 is 36.8 Å². The van der Waals surface area contributed by atoms with Gasteiger partial charge in [0.05, 0.1) is 0 Å². The molecule has 1 saturated carbocycles. The van der Waals surface area contributed by atoms with Crippen molar-refractivity contribution >= 4 is 17.9 Å². The fourth-order valence-corrected chi connectivity index (χ4v) is 3.97. The van der Waals surface area contributed by atoms with Gasteiger partial charge < -0.3 is 51.4 Å². The van der Waals surface area contributed by atoms with E-state index in [-0.39, 0.29) is 30.9 Å². The van der Waals surface area contributed by atoms with E-state index >= 15 is 0 Å². The van der Waals surface area contributed by atoms with Gasteiger partial charge in [0.25, 0.3) is 0 Å². The van der Waals surface area contributed by atoms with Crippen LogP contribution in [0.4, 0.5) is 0 Å². The number of ether oxygens (including phenoxy) is 4. The van der Waals surface area contributed by atoms with Crippen molar-refractivity contribution in [3.63, 3.8) is 0 Å². The maximum absolute atomic E-state index is 13.9. The first kappa shape index (κ1) is 37.4. The van der Waals surface area contributed by atoms with E-state index in [9.17, 15) is 14.4 Å². The van der Waals surface area contributed by atoms with Crippen LogP contribution in [0.15, 0.2) is 60.7 Å². The summed E-state index contributed by atoms with van der Waals surface area (Å²) in [5.41, 5.74) is 5.11. The molecule has 0 bridgehead atoms. The Morgan fingerprint density at radius 2 is 1.40 bits per heavy atom. The third-order valence-electron chi connectivity index (χ3n) is 6.42. The quantitative estimate of drug-likeness (QED) is 0.103. The monoisotopic (exact) mass is 572 g/mol. The van der Waals surface area contributed by atoms with Gasteiger partial charge in [0, 0.05) is 6.10 Å². The van der Waals surface area contributed by atoms with Crippen molar-refractivity contribution in [3.8, 4) is 0 Å². The zero-order valence-electron chi connectivity index (χ0n) is 25.2. The zero-order chi connectivity index (χ0) is 30.1. The van der Waals surface area contributed by atoms with E-state index in [1.807, 2.05) is 12.1 Å². The van der Waals surface area contributed by atoms with Crippen molar-refractivity contribution in [1.29, 1.82) is 0 Å². The summed E-state index contributed by atoms with van der Waals surface area (Å²) in [6, 6.07) is 17.0. The average molecular weight is 573 g/mol. The SMILES string of the molecule is CC(C)[C@H](N)C(=O)OCC(=O)OCOC(C(=O)OC1C[CH-]CC[CH-]C1)(c1ccccc1)c1ccccc1.[CH2-]CC[CH2-].[Li+]. The van der Waals surface area contributed by atoms with Crippen molar-refractivity contribution in [1.82, 2.24) is 0 Å². The molecule has 0 heterocycles. The van der Waals surface area contributed by atoms with Gasteiger partial charge in [-0.1, -0.05) is 74.5 Å². The Morgan fingerprint density at radius 3 is 1.86 bits per heavy atom. The molecular weight excluding hydrogens is 529 g/mol. The molecule has 2 aromatic rings. The third kappa shape index (κ3) is 11.6. The van der Waals surface area contributed by atoms with Crippen molar-refractivity contribution in [2.24, 2.45) is 11.7 Å². The third-order valence-corrected chi connectivity index (χ3v) is 6.42. The Kier molecular flexibility index (Phi) is 18.1. The van der Waals surface area contributed by atoms with Crippen LogP contribution < -0.4 is 24.6 Å². The standard InChI is InChI=1S/C29H35NO7.C4H8.Li/c1-21(2)26(30)27(32)34-19-25(31)35-20-36-29(22-13-7-5-8-14-22,23-15-9-6-10-16-23)28(33)37-24-17-11-3-4-12-18-24;1-3-4-2;/h5-16,21,24,26H,3-4,17-20,30H2,1-2H3;1-4H2;/q2*-2;+1/t26-;;/m0../s1. The van der Waals surface area contributed by atoms with Crippen LogP contribution in [0.25, 0.3) is 0 Å². The number of unbranched alkanes of at least 4 members (excludes halogenated alkanes) is 1. The molecule has 0 aromatic heterocycles. The van der Waals surface area contributed by atoms with Crippen LogP contribution in [0, 0.1) is 32.6 Å². The predicted octanol–water partition coefficient (Wildman–Crippen LogP) is 2.31. The molecule has 9 heteroatoms. The van der Waals surface area contributed by atoms with Crippen LogP contribution in [-0.2, 0) is 38.9 Å². The molecule has 0 spiro atoms. The van der Waals surface area contributed by atoms with Gasteiger partial charge in [0.15, 0.2) is 13.4 Å². The molecule has 8 nitrogen and oxygen atoms in total. The summed E-state index contributed by atoms with van der Waals surface area (Å²) < 4.78 is 22.2. The molecule has 0 aliphatic heterocycles. The second-order valence-corrected chi connectivity index (χ2v) is 9.93. The minimum absolute atomic E-state index is 0. The fraction of sp³-hybridized carbons (Fsp3) is 0.424. The molecule has 42 heavy (non-hydrogen) atoms. The Labute approximate surface area is 263 Å². The minimum Gasteiger partial charge on any atom is -0.465 e. The average Bonchev–Trinajstić information content (AvgIpc) is 3.27. The Morgan fingerprint density at radius 1 is 0.905 bits per heavy atom. The van der Waals surface area contributed by atoms with E-state index in [0.29, 0.717) is 24.0 Å². The first-order chi connectivity index (χ1) is 19.8. The fourth-order valence-electron chi connectivity index (χ4n) is 3.97. The number of carbonyl (C=O) groups excluding carboxylic acids is 3. The summed E-state index contributed by atoms with van der Waals surface area (Å²) >= 11 is 0. The minimum atomic E-state index is -1.69. The van der Waals surface area contributed by atoms with Gasteiger partial charge in [-0.2, -0.15) is 0 Å². The van der Waals surface area contributed by atoms with Gasteiger partial charge in [-0.3, -0.25) is 4.79 Å². The molecule has 2 N–H and O–H groups in total. The van der Waals surface area contributed by atoms with Crippen LogP contribution >= 0.6 is 0 Å². The summed E-state index contributed by atoms with van der Waals surface area (Å²) in [6.07, 6.45) is 8.98. The van der Waals surface area contributed by atoms with E-state index in [4.69, 9.17) is 24.7 Å². The number of hydrogen-bond acceptors (Lipinski definition) is 8. The molecule has 1 atom stereocenters. The molecule has 226 valence electrons. The van der Waals surface area contributed by atoms with E-state index in [0.717, 1.165) is 25.7 Å². The maximum atomic E-state index is 13.9. The van der Waals surface area contributed by atoms with E-state index < -0.39 is 43.0 Å². The molecule has 1 aliphatic carbocycles. The van der Waals surface area contributed by atoms with Crippen LogP contribution in [0.2, 0.25) is 0 Å². The number of benzene rings is 2. The van der Waals surface area contributed by atoms with Crippen LogP contribution in [0.3, 0.4) is 0 Å². The summed E-state index contributed by atoms with van der Waals surface area (Å²) in [4.78, 5) is 38.1. The first-order valence-corrected chi connectivity index (χ1v) is 14.0. The van der Waals surface area contributed by atoms with E-state index in [1.165, 1.54) is 0 Å². The summed E-state index contributed by atoms with van der Waals surface area (Å²) in [5.74, 6) is -2.28. The summed E-state index contributed by atoms with van der Waals surface area (Å²) in [7, 11) is 0. The number of hydrogen-bond donors (Lipinski definition) is 1. The summed E-state index contributed by atoms with van der Waals surface area (Å²) in [5, 5.41) is 0. The van der Waals surface area contributed by atoms with Gasteiger partial charge in [-0.15, -0.1) is 12.8 Å². The molecule has 0 radical (unpaired) electrons. The topological polar surface area (TPSA) is 114 Å². The normalized spacial score (nSPS) is 14.3. The van der Waals surface area contributed by atoms with Gasteiger partial charge in [0.1, 0.15) is 6.04 Å². The number of nitrogens with two attached hydrogens (primary N) is 1. The van der Waals surface area contributed by atoms with Crippen molar-refractivity contribution < 1.29 is 52.2 Å². The molecule has 1 fully saturated rings. The van der Waals surface area contributed by atoms with Crippen molar-refractivity contribution in [2.45, 2.75) is 70.1 Å². The Bertz CT molecular complexity index is 999. The summed E-state index contributed by atoms with van der Waals surface area (Å²) in [6.45, 7) is 9.43. The molecule has 2 aromatic carbocycles. The second-order valence-electron chi connectivity index (χ2n) is 9.93. The van der Waals surface area contributed by atoms with Gasteiger partial charge in [0.2, 0.25) is 5.60 Å². The Balaban J connectivity index is 0.00000165. The van der Waals surface area contributed by atoms with E-state index in [1.54, 1.807) is 62.4 Å². The number of carbonyl (C=O) groups is 3. The van der Waals surface area contributed by atoms with E-state index in [2.05, 4.69) is 26.7 Å². The number of rotatable bonds is 12. The van der Waals surface area contributed by atoms with Gasteiger partial charge in [-0.25, -0.2) is 35.3 Å². The molecule has 1 aliphatic rings. The van der Waals surface area contributed by atoms with Crippen LogP contribution in [0.5, 0.6) is 0 Å². The first-order valence-electron chi connectivity index (χ1n) is 14.0. The van der Waals surface area contributed by atoms with Crippen molar-refractivity contribution in [2.75, 3.05) is 13.4 Å². The maximum Gasteiger partial charge on any atom is 1.00 e. The molecular formula is C33H43LiNO7-3. The second kappa shape index (κ2) is 20.3. The molecule has 0 amide bonds. The molecule has 0 unspecified atom stereocenters. The molecule has 3 rings (SSSR count). The van der Waals surface area contributed by atoms with Crippen LogP contribution in [0.1, 0.15) is 63.5 Å².